The number of carbonyl (C=O) groups excluding carboxylic acids is 1. The fourth-order valence-corrected chi connectivity index (χ4v) is 3.85. The maximum Gasteiger partial charge on any atom is 0.198 e. The molecule has 0 aromatic heterocycles. The van der Waals surface area contributed by atoms with Gasteiger partial charge >= 0.3 is 0 Å². The maximum atomic E-state index is 13.5. The fraction of sp³-hybridized carbons (Fsp3) is 0.409. The standard InChI is InChI=1S/C22H29N3O2/c1-17(18-7-5-4-6-8-18)22(23-2,24-3)21(26)19-9-11-20(12-10-19)25-13-15-27-16-14-25/h4-12,17,23-24H,13-16H2,1-3H3. The van der Waals surface area contributed by atoms with Gasteiger partial charge in [0.2, 0.25) is 0 Å². The van der Waals surface area contributed by atoms with Crippen LogP contribution in [0.15, 0.2) is 54.6 Å². The lowest BCUT2D eigenvalue weighted by atomic mass is 9.82. The zero-order valence-corrected chi connectivity index (χ0v) is 16.4. The van der Waals surface area contributed by atoms with Gasteiger partial charge in [-0.15, -0.1) is 0 Å². The van der Waals surface area contributed by atoms with Crippen LogP contribution in [0.4, 0.5) is 5.69 Å². The first-order chi connectivity index (χ1) is 13.1. The van der Waals surface area contributed by atoms with Gasteiger partial charge in [0.15, 0.2) is 5.78 Å². The molecule has 0 spiro atoms. The molecule has 1 unspecified atom stereocenters. The minimum absolute atomic E-state index is 0.0392. The number of Topliss-reactive ketones (excluding diaryl/α,β-unsaturated/α-hetero) is 1. The molecule has 0 aliphatic carbocycles. The Morgan fingerprint density at radius 2 is 1.59 bits per heavy atom. The van der Waals surface area contributed by atoms with Gasteiger partial charge in [-0.2, -0.15) is 0 Å². The summed E-state index contributed by atoms with van der Waals surface area (Å²) in [5, 5.41) is 6.50. The van der Waals surface area contributed by atoms with E-state index in [1.165, 1.54) is 0 Å². The Kier molecular flexibility index (Phi) is 6.26. The summed E-state index contributed by atoms with van der Waals surface area (Å²) >= 11 is 0. The van der Waals surface area contributed by atoms with Crippen LogP contribution in [-0.2, 0) is 4.74 Å². The van der Waals surface area contributed by atoms with Crippen LogP contribution in [0, 0.1) is 0 Å². The average Bonchev–Trinajstić information content (AvgIpc) is 2.76. The number of anilines is 1. The van der Waals surface area contributed by atoms with E-state index in [9.17, 15) is 4.79 Å². The first-order valence-corrected chi connectivity index (χ1v) is 9.52. The summed E-state index contributed by atoms with van der Waals surface area (Å²) in [5.41, 5.74) is 2.06. The highest BCUT2D eigenvalue weighted by Gasteiger charge is 2.41. The van der Waals surface area contributed by atoms with Gasteiger partial charge in [-0.3, -0.25) is 15.4 Å². The molecule has 0 radical (unpaired) electrons. The van der Waals surface area contributed by atoms with Crippen molar-refractivity contribution in [2.24, 2.45) is 0 Å². The smallest absolute Gasteiger partial charge is 0.198 e. The van der Waals surface area contributed by atoms with Gasteiger partial charge in [-0.1, -0.05) is 37.3 Å². The number of rotatable bonds is 7. The van der Waals surface area contributed by atoms with Gasteiger partial charge in [0.1, 0.15) is 5.66 Å². The van der Waals surface area contributed by atoms with Crippen molar-refractivity contribution in [3.63, 3.8) is 0 Å². The van der Waals surface area contributed by atoms with Gasteiger partial charge in [0.25, 0.3) is 0 Å². The minimum Gasteiger partial charge on any atom is -0.378 e. The quantitative estimate of drug-likeness (QED) is 0.582. The van der Waals surface area contributed by atoms with E-state index in [4.69, 9.17) is 4.74 Å². The summed E-state index contributed by atoms with van der Waals surface area (Å²) in [7, 11) is 3.66. The minimum atomic E-state index is -0.873. The molecule has 0 saturated carbocycles. The molecule has 1 aliphatic heterocycles. The lowest BCUT2D eigenvalue weighted by Crippen LogP contribution is -2.63. The van der Waals surface area contributed by atoms with Gasteiger partial charge in [-0.05, 0) is 43.9 Å². The normalized spacial score (nSPS) is 16.2. The summed E-state index contributed by atoms with van der Waals surface area (Å²) in [6.07, 6.45) is 0. The third kappa shape index (κ3) is 3.90. The summed E-state index contributed by atoms with van der Waals surface area (Å²) in [5.74, 6) is -0.00231. The molecule has 2 aromatic rings. The Morgan fingerprint density at radius 3 is 2.15 bits per heavy atom. The predicted molar refractivity (Wildman–Crippen MR) is 110 cm³/mol. The lowest BCUT2D eigenvalue weighted by molar-refractivity contribution is 0.0792. The largest absolute Gasteiger partial charge is 0.378 e. The number of ether oxygens (including phenoxy) is 1. The summed E-state index contributed by atoms with van der Waals surface area (Å²) in [6.45, 7) is 5.34. The molecule has 1 saturated heterocycles. The molecule has 1 fully saturated rings. The lowest BCUT2D eigenvalue weighted by Gasteiger charge is -2.38. The SMILES string of the molecule is CNC(NC)(C(=O)c1ccc(N2CCOCC2)cc1)C(C)c1ccccc1. The first kappa shape index (κ1) is 19.5. The molecule has 2 N–H and O–H groups in total. The summed E-state index contributed by atoms with van der Waals surface area (Å²) < 4.78 is 5.41. The highest BCUT2D eigenvalue weighted by Crippen LogP contribution is 2.29. The molecule has 144 valence electrons. The maximum absolute atomic E-state index is 13.5. The number of carbonyl (C=O) groups is 1. The van der Waals surface area contributed by atoms with Crippen molar-refractivity contribution in [1.29, 1.82) is 0 Å². The van der Waals surface area contributed by atoms with E-state index in [2.05, 4.69) is 34.6 Å². The van der Waals surface area contributed by atoms with Crippen molar-refractivity contribution in [3.8, 4) is 0 Å². The number of hydrogen-bond acceptors (Lipinski definition) is 5. The number of likely N-dealkylation sites (N-methyl/N-ethyl adjacent to an activating group) is 2. The Bertz CT molecular complexity index is 736. The number of morpholine rings is 1. The van der Waals surface area contributed by atoms with Crippen molar-refractivity contribution in [2.45, 2.75) is 18.5 Å². The van der Waals surface area contributed by atoms with Crippen molar-refractivity contribution in [1.82, 2.24) is 10.6 Å². The summed E-state index contributed by atoms with van der Waals surface area (Å²) in [6, 6.07) is 18.0. The zero-order valence-electron chi connectivity index (χ0n) is 16.4. The molecule has 27 heavy (non-hydrogen) atoms. The second kappa shape index (κ2) is 8.65. The van der Waals surface area contributed by atoms with Crippen molar-refractivity contribution >= 4 is 11.5 Å². The van der Waals surface area contributed by atoms with Crippen LogP contribution in [0.3, 0.4) is 0 Å². The fourth-order valence-electron chi connectivity index (χ4n) is 3.85. The number of hydrogen-bond donors (Lipinski definition) is 2. The van der Waals surface area contributed by atoms with E-state index in [1.807, 2.05) is 56.6 Å². The molecule has 5 nitrogen and oxygen atoms in total. The monoisotopic (exact) mass is 367 g/mol. The Balaban J connectivity index is 1.86. The average molecular weight is 367 g/mol. The van der Waals surface area contributed by atoms with Crippen molar-refractivity contribution < 1.29 is 9.53 Å². The molecular weight excluding hydrogens is 338 g/mol. The van der Waals surface area contributed by atoms with Gasteiger partial charge < -0.3 is 9.64 Å². The molecule has 0 amide bonds. The summed E-state index contributed by atoms with van der Waals surface area (Å²) in [4.78, 5) is 15.8. The van der Waals surface area contributed by atoms with Crippen LogP contribution < -0.4 is 15.5 Å². The Hall–Kier alpha value is -2.21. The number of nitrogens with zero attached hydrogens (tertiary/aromatic N) is 1. The van der Waals surface area contributed by atoms with E-state index in [0.717, 1.165) is 37.6 Å². The van der Waals surface area contributed by atoms with E-state index >= 15 is 0 Å². The van der Waals surface area contributed by atoms with Crippen LogP contribution in [0.25, 0.3) is 0 Å². The molecule has 0 bridgehead atoms. The number of ketones is 1. The highest BCUT2D eigenvalue weighted by molar-refractivity contribution is 6.04. The first-order valence-electron chi connectivity index (χ1n) is 9.52. The van der Waals surface area contributed by atoms with Crippen LogP contribution in [0.5, 0.6) is 0 Å². The van der Waals surface area contributed by atoms with Crippen molar-refractivity contribution in [2.75, 3.05) is 45.3 Å². The van der Waals surface area contributed by atoms with E-state index in [1.54, 1.807) is 0 Å². The van der Waals surface area contributed by atoms with E-state index in [0.29, 0.717) is 5.56 Å². The predicted octanol–water partition coefficient (Wildman–Crippen LogP) is 2.64. The molecule has 1 atom stereocenters. The second-order valence-corrected chi connectivity index (χ2v) is 6.92. The van der Waals surface area contributed by atoms with Crippen LogP contribution >= 0.6 is 0 Å². The van der Waals surface area contributed by atoms with Crippen molar-refractivity contribution in [3.05, 3.63) is 65.7 Å². The Labute approximate surface area is 161 Å². The topological polar surface area (TPSA) is 53.6 Å². The van der Waals surface area contributed by atoms with E-state index < -0.39 is 5.66 Å². The number of benzene rings is 2. The van der Waals surface area contributed by atoms with Gasteiger partial charge in [-0.25, -0.2) is 0 Å². The molecular formula is C22H29N3O2. The molecule has 5 heteroatoms. The van der Waals surface area contributed by atoms with Crippen LogP contribution in [0.2, 0.25) is 0 Å². The van der Waals surface area contributed by atoms with E-state index in [-0.39, 0.29) is 11.7 Å². The van der Waals surface area contributed by atoms with Gasteiger partial charge in [0, 0.05) is 30.3 Å². The highest BCUT2D eigenvalue weighted by atomic mass is 16.5. The molecule has 1 aliphatic rings. The third-order valence-corrected chi connectivity index (χ3v) is 5.60. The molecule has 1 heterocycles. The zero-order chi connectivity index (χ0) is 19.3. The second-order valence-electron chi connectivity index (χ2n) is 6.92. The van der Waals surface area contributed by atoms with Crippen LogP contribution in [-0.4, -0.2) is 51.8 Å². The molecule has 3 rings (SSSR count). The van der Waals surface area contributed by atoms with Crippen LogP contribution in [0.1, 0.15) is 28.8 Å². The Morgan fingerprint density at radius 1 is 1.00 bits per heavy atom. The third-order valence-electron chi connectivity index (χ3n) is 5.60. The number of nitrogens with one attached hydrogen (secondary N) is 2. The van der Waals surface area contributed by atoms with Gasteiger partial charge in [0.05, 0.1) is 13.2 Å². The molecule has 2 aromatic carbocycles.